The molecule has 1 fully saturated rings. The molecule has 1 aliphatic rings. The van der Waals surface area contributed by atoms with Crippen LogP contribution in [-0.4, -0.2) is 64.4 Å². The van der Waals surface area contributed by atoms with Crippen LogP contribution in [0, 0.1) is 0 Å². The quantitative estimate of drug-likeness (QED) is 0.238. The summed E-state index contributed by atoms with van der Waals surface area (Å²) in [6.07, 6.45) is 5.10. The number of aliphatic imine (C=N–C) groups is 1. The summed E-state index contributed by atoms with van der Waals surface area (Å²) in [5.41, 5.74) is 1.79. The lowest BCUT2D eigenvalue weighted by molar-refractivity contribution is 0.0955. The van der Waals surface area contributed by atoms with Crippen molar-refractivity contribution in [2.45, 2.75) is 19.3 Å². The number of carbonyl (C=O) groups is 1. The van der Waals surface area contributed by atoms with Gasteiger partial charge in [0.15, 0.2) is 5.96 Å². The van der Waals surface area contributed by atoms with Gasteiger partial charge in [0.25, 0.3) is 5.91 Å². The lowest BCUT2D eigenvalue weighted by atomic mass is 10.0. The molecule has 3 N–H and O–H groups in total. The van der Waals surface area contributed by atoms with Gasteiger partial charge in [-0.3, -0.25) is 14.5 Å². The Morgan fingerprint density at radius 1 is 1.31 bits per heavy atom. The number of nitrogens with zero attached hydrogens (tertiary/aromatic N) is 4. The minimum Gasteiger partial charge on any atom is -0.508 e. The molecular weight excluding hydrogens is 483 g/mol. The Balaban J connectivity index is 0.00000300. The molecule has 29 heavy (non-hydrogen) atoms. The number of likely N-dealkylation sites (tertiary alicyclic amines) is 1. The predicted octanol–water partition coefficient (Wildman–Crippen LogP) is 1.93. The minimum atomic E-state index is -0.169. The second kappa shape index (κ2) is 11.0. The highest BCUT2D eigenvalue weighted by Crippen LogP contribution is 2.26. The number of rotatable bonds is 6. The van der Waals surface area contributed by atoms with Gasteiger partial charge < -0.3 is 20.6 Å². The fourth-order valence-electron chi connectivity index (χ4n) is 3.35. The highest BCUT2D eigenvalue weighted by Gasteiger charge is 2.26. The first kappa shape index (κ1) is 23.0. The zero-order chi connectivity index (χ0) is 19.9. The van der Waals surface area contributed by atoms with E-state index in [9.17, 15) is 9.90 Å². The number of aromatic hydroxyl groups is 1. The van der Waals surface area contributed by atoms with Gasteiger partial charge in [0.05, 0.1) is 12.7 Å². The second-order valence-electron chi connectivity index (χ2n) is 6.92. The lowest BCUT2D eigenvalue weighted by Gasteiger charge is -2.21. The third kappa shape index (κ3) is 6.34. The second-order valence-corrected chi connectivity index (χ2v) is 6.92. The molecular formula is C20H29IN6O2. The highest BCUT2D eigenvalue weighted by atomic mass is 127. The van der Waals surface area contributed by atoms with Crippen LogP contribution < -0.4 is 10.6 Å². The van der Waals surface area contributed by atoms with Crippen LogP contribution in [0.2, 0.25) is 0 Å². The third-order valence-corrected chi connectivity index (χ3v) is 4.81. The van der Waals surface area contributed by atoms with Crippen molar-refractivity contribution >= 4 is 35.8 Å². The zero-order valence-corrected chi connectivity index (χ0v) is 19.2. The molecule has 0 bridgehead atoms. The molecule has 1 aromatic carbocycles. The van der Waals surface area contributed by atoms with E-state index in [1.165, 1.54) is 17.7 Å². The summed E-state index contributed by atoms with van der Waals surface area (Å²) in [5, 5.41) is 19.8. The van der Waals surface area contributed by atoms with Gasteiger partial charge in [-0.1, -0.05) is 0 Å². The van der Waals surface area contributed by atoms with E-state index in [0.717, 1.165) is 32.0 Å². The maximum Gasteiger partial charge on any atom is 0.251 e. The maximum absolute atomic E-state index is 12.1. The van der Waals surface area contributed by atoms with Gasteiger partial charge in [-0.2, -0.15) is 5.10 Å². The summed E-state index contributed by atoms with van der Waals surface area (Å²) < 4.78 is 1.84. The number of halogens is 1. The molecule has 9 heteroatoms. The Kier molecular flexibility index (Phi) is 8.74. The number of benzene rings is 1. The molecule has 8 nitrogen and oxygen atoms in total. The number of phenols is 1. The zero-order valence-electron chi connectivity index (χ0n) is 16.8. The topological polar surface area (TPSA) is 94.8 Å². The minimum absolute atomic E-state index is 0. The summed E-state index contributed by atoms with van der Waals surface area (Å²) in [4.78, 5) is 19.0. The molecule has 0 radical (unpaired) electrons. The van der Waals surface area contributed by atoms with E-state index in [1.807, 2.05) is 17.9 Å². The largest absolute Gasteiger partial charge is 0.508 e. The summed E-state index contributed by atoms with van der Waals surface area (Å²) in [6, 6.07) is 6.20. The van der Waals surface area contributed by atoms with Gasteiger partial charge in [-0.05, 0) is 43.2 Å². The standard InChI is InChI=1S/C20H28N6O2.HI/c1-3-21-20(26-11-8-16(14-26)17-12-24-25(2)13-17)23-10-9-22-19(28)15-4-6-18(27)7-5-15;/h4-7,12-13,16,27H,3,8-11,14H2,1-2H3,(H,21,23)(H,22,28);1H. The molecule has 1 aliphatic heterocycles. The molecule has 0 aliphatic carbocycles. The first-order valence-electron chi connectivity index (χ1n) is 9.66. The first-order valence-corrected chi connectivity index (χ1v) is 9.66. The smallest absolute Gasteiger partial charge is 0.251 e. The SMILES string of the molecule is CCNC(=NCCNC(=O)c1ccc(O)cc1)N1CCC(c2cnn(C)c2)C1.I. The van der Waals surface area contributed by atoms with Crippen LogP contribution in [0.3, 0.4) is 0 Å². The van der Waals surface area contributed by atoms with Crippen molar-refractivity contribution in [1.82, 2.24) is 25.3 Å². The van der Waals surface area contributed by atoms with Crippen molar-refractivity contribution in [3.63, 3.8) is 0 Å². The summed E-state index contributed by atoms with van der Waals surface area (Å²) in [6.45, 7) is 5.67. The van der Waals surface area contributed by atoms with Gasteiger partial charge in [0.2, 0.25) is 0 Å². The number of hydrogen-bond acceptors (Lipinski definition) is 4. The summed E-state index contributed by atoms with van der Waals surface area (Å²) in [5.74, 6) is 1.32. The van der Waals surface area contributed by atoms with E-state index >= 15 is 0 Å². The number of phenolic OH excluding ortho intramolecular Hbond substituents is 1. The van der Waals surface area contributed by atoms with Crippen LogP contribution in [0.5, 0.6) is 5.75 Å². The monoisotopic (exact) mass is 512 g/mol. The number of aryl methyl sites for hydroxylation is 1. The number of nitrogens with one attached hydrogen (secondary N) is 2. The van der Waals surface area contributed by atoms with Crippen molar-refractivity contribution in [1.29, 1.82) is 0 Å². The van der Waals surface area contributed by atoms with E-state index < -0.39 is 0 Å². The van der Waals surface area contributed by atoms with E-state index in [-0.39, 0.29) is 35.6 Å². The van der Waals surface area contributed by atoms with Crippen molar-refractivity contribution in [2.75, 3.05) is 32.7 Å². The number of carbonyl (C=O) groups excluding carboxylic acids is 1. The summed E-state index contributed by atoms with van der Waals surface area (Å²) in [7, 11) is 1.94. The number of aromatic nitrogens is 2. The Hall–Kier alpha value is -2.30. The van der Waals surface area contributed by atoms with Crippen LogP contribution >= 0.6 is 24.0 Å². The van der Waals surface area contributed by atoms with Gasteiger partial charge in [0.1, 0.15) is 5.75 Å². The molecule has 0 saturated carbocycles. The third-order valence-electron chi connectivity index (χ3n) is 4.81. The Morgan fingerprint density at radius 2 is 2.07 bits per heavy atom. The average Bonchev–Trinajstić information content (AvgIpc) is 3.33. The molecule has 1 unspecified atom stereocenters. The van der Waals surface area contributed by atoms with Crippen LogP contribution in [-0.2, 0) is 7.05 Å². The molecule has 1 amide bonds. The van der Waals surface area contributed by atoms with Crippen molar-refractivity contribution in [2.24, 2.45) is 12.0 Å². The number of hydrogen-bond donors (Lipinski definition) is 3. The van der Waals surface area contributed by atoms with E-state index in [0.29, 0.717) is 24.6 Å². The van der Waals surface area contributed by atoms with Crippen molar-refractivity contribution in [3.05, 3.63) is 47.8 Å². The fraction of sp³-hybridized carbons (Fsp3) is 0.450. The van der Waals surface area contributed by atoms with E-state index in [1.54, 1.807) is 12.1 Å². The molecule has 1 aromatic heterocycles. The van der Waals surface area contributed by atoms with Crippen molar-refractivity contribution < 1.29 is 9.90 Å². The summed E-state index contributed by atoms with van der Waals surface area (Å²) >= 11 is 0. The maximum atomic E-state index is 12.1. The van der Waals surface area contributed by atoms with Gasteiger partial charge in [0, 0.05) is 50.9 Å². The van der Waals surface area contributed by atoms with Crippen LogP contribution in [0.15, 0.2) is 41.7 Å². The lowest BCUT2D eigenvalue weighted by Crippen LogP contribution is -2.40. The van der Waals surface area contributed by atoms with E-state index in [4.69, 9.17) is 0 Å². The Labute approximate surface area is 188 Å². The van der Waals surface area contributed by atoms with Crippen molar-refractivity contribution in [3.8, 4) is 5.75 Å². The Bertz CT molecular complexity index is 821. The van der Waals surface area contributed by atoms with Crippen LogP contribution in [0.25, 0.3) is 0 Å². The number of guanidine groups is 1. The average molecular weight is 512 g/mol. The molecule has 1 atom stereocenters. The normalized spacial score (nSPS) is 16.4. The first-order chi connectivity index (χ1) is 13.6. The van der Waals surface area contributed by atoms with Crippen LogP contribution in [0.4, 0.5) is 0 Å². The van der Waals surface area contributed by atoms with E-state index in [2.05, 4.69) is 38.7 Å². The highest BCUT2D eigenvalue weighted by molar-refractivity contribution is 14.0. The molecule has 3 rings (SSSR count). The van der Waals surface area contributed by atoms with Gasteiger partial charge >= 0.3 is 0 Å². The predicted molar refractivity (Wildman–Crippen MR) is 124 cm³/mol. The van der Waals surface area contributed by atoms with Gasteiger partial charge in [-0.25, -0.2) is 0 Å². The van der Waals surface area contributed by atoms with Crippen LogP contribution in [0.1, 0.15) is 35.2 Å². The fourth-order valence-corrected chi connectivity index (χ4v) is 3.35. The molecule has 0 spiro atoms. The molecule has 2 heterocycles. The molecule has 1 saturated heterocycles. The molecule has 158 valence electrons. The number of amides is 1. The van der Waals surface area contributed by atoms with Gasteiger partial charge in [-0.15, -0.1) is 24.0 Å². The molecule has 2 aromatic rings. The Morgan fingerprint density at radius 3 is 2.72 bits per heavy atom.